The van der Waals surface area contributed by atoms with Gasteiger partial charge in [0.25, 0.3) is 5.69 Å². The highest BCUT2D eigenvalue weighted by Gasteiger charge is 2.31. The van der Waals surface area contributed by atoms with E-state index >= 15 is 0 Å². The molecule has 1 heterocycles. The fourth-order valence-corrected chi connectivity index (χ4v) is 6.70. The molecular formula is C18H15ClN2O6S3. The van der Waals surface area contributed by atoms with Gasteiger partial charge in [-0.25, -0.2) is 21.6 Å². The van der Waals surface area contributed by atoms with Gasteiger partial charge in [0.1, 0.15) is 5.25 Å². The number of hydrogen-bond donors (Lipinski definition) is 1. The van der Waals surface area contributed by atoms with Crippen molar-refractivity contribution in [1.29, 1.82) is 0 Å². The molecule has 1 N–H and O–H groups in total. The van der Waals surface area contributed by atoms with Crippen molar-refractivity contribution in [3.05, 3.63) is 86.1 Å². The Kier molecular flexibility index (Phi) is 6.58. The molecule has 0 radical (unpaired) electrons. The molecular weight excluding hydrogens is 472 g/mol. The van der Waals surface area contributed by atoms with E-state index in [1.807, 2.05) is 0 Å². The van der Waals surface area contributed by atoms with Crippen molar-refractivity contribution in [2.24, 2.45) is 0 Å². The lowest BCUT2D eigenvalue weighted by Crippen LogP contribution is -2.31. The molecule has 0 saturated heterocycles. The molecule has 0 saturated carbocycles. The second-order valence-corrected chi connectivity index (χ2v) is 11.4. The molecule has 0 spiro atoms. The van der Waals surface area contributed by atoms with Gasteiger partial charge in [0.05, 0.1) is 14.7 Å². The Morgan fingerprint density at radius 2 is 1.57 bits per heavy atom. The summed E-state index contributed by atoms with van der Waals surface area (Å²) in [6.45, 7) is -0.412. The maximum Gasteiger partial charge on any atom is 0.269 e. The number of sulfonamides is 1. The van der Waals surface area contributed by atoms with Crippen molar-refractivity contribution in [2.75, 3.05) is 6.54 Å². The van der Waals surface area contributed by atoms with Gasteiger partial charge in [0.15, 0.2) is 9.84 Å². The fourth-order valence-electron chi connectivity index (χ4n) is 2.64. The molecule has 12 heteroatoms. The van der Waals surface area contributed by atoms with Crippen LogP contribution < -0.4 is 4.72 Å². The molecule has 0 bridgehead atoms. The third kappa shape index (κ3) is 4.87. The van der Waals surface area contributed by atoms with E-state index in [0.717, 1.165) is 24.3 Å². The number of nitrogens with one attached hydrogen (secondary N) is 1. The number of non-ortho nitro benzene ring substituents is 1. The molecule has 0 aliphatic carbocycles. The summed E-state index contributed by atoms with van der Waals surface area (Å²) in [5.41, 5.74) is -0.254. The van der Waals surface area contributed by atoms with Gasteiger partial charge in [-0.1, -0.05) is 17.7 Å². The number of halogens is 1. The summed E-state index contributed by atoms with van der Waals surface area (Å²) in [5.74, 6) is 0. The minimum absolute atomic E-state index is 0.0137. The van der Waals surface area contributed by atoms with Crippen LogP contribution in [0, 0.1) is 10.1 Å². The van der Waals surface area contributed by atoms with Crippen LogP contribution in [0.3, 0.4) is 0 Å². The maximum atomic E-state index is 13.2. The molecule has 158 valence electrons. The first kappa shape index (κ1) is 22.4. The lowest BCUT2D eigenvalue weighted by Gasteiger charge is -2.17. The fraction of sp³-hybridized carbons (Fsp3) is 0.111. The van der Waals surface area contributed by atoms with Gasteiger partial charge in [-0.15, -0.1) is 11.3 Å². The van der Waals surface area contributed by atoms with Crippen LogP contribution >= 0.6 is 22.9 Å². The normalized spacial score (nSPS) is 13.1. The lowest BCUT2D eigenvalue weighted by molar-refractivity contribution is -0.384. The van der Waals surface area contributed by atoms with Gasteiger partial charge in [-0.2, -0.15) is 0 Å². The average molecular weight is 487 g/mol. The number of sulfone groups is 1. The number of rotatable bonds is 8. The Labute approximate surface area is 182 Å². The van der Waals surface area contributed by atoms with Gasteiger partial charge in [0, 0.05) is 28.6 Å². The van der Waals surface area contributed by atoms with E-state index in [1.54, 1.807) is 17.5 Å². The average Bonchev–Trinajstić information content (AvgIpc) is 3.22. The predicted molar refractivity (Wildman–Crippen MR) is 114 cm³/mol. The largest absolute Gasteiger partial charge is 0.269 e. The minimum atomic E-state index is -4.09. The van der Waals surface area contributed by atoms with E-state index < -0.39 is 36.6 Å². The monoisotopic (exact) mass is 486 g/mol. The van der Waals surface area contributed by atoms with Crippen LogP contribution in [0.2, 0.25) is 5.02 Å². The van der Waals surface area contributed by atoms with Crippen LogP contribution in [-0.2, 0) is 19.9 Å². The van der Waals surface area contributed by atoms with E-state index in [1.165, 1.54) is 35.6 Å². The molecule has 8 nitrogen and oxygen atoms in total. The first-order chi connectivity index (χ1) is 14.1. The Morgan fingerprint density at radius 3 is 2.10 bits per heavy atom. The summed E-state index contributed by atoms with van der Waals surface area (Å²) in [5, 5.41) is 11.7. The van der Waals surface area contributed by atoms with Crippen molar-refractivity contribution in [1.82, 2.24) is 4.72 Å². The van der Waals surface area contributed by atoms with Crippen LogP contribution in [0.1, 0.15) is 10.1 Å². The van der Waals surface area contributed by atoms with Crippen molar-refractivity contribution in [3.63, 3.8) is 0 Å². The summed E-state index contributed by atoms with van der Waals surface area (Å²) in [6, 6.07) is 13.2. The summed E-state index contributed by atoms with van der Waals surface area (Å²) in [6.07, 6.45) is 0. The van der Waals surface area contributed by atoms with Crippen LogP contribution in [0.4, 0.5) is 5.69 Å². The molecule has 1 aromatic heterocycles. The maximum absolute atomic E-state index is 13.2. The van der Waals surface area contributed by atoms with Gasteiger partial charge < -0.3 is 0 Å². The van der Waals surface area contributed by atoms with E-state index in [9.17, 15) is 26.9 Å². The summed E-state index contributed by atoms with van der Waals surface area (Å²) in [7, 11) is -8.02. The zero-order valence-corrected chi connectivity index (χ0v) is 18.3. The van der Waals surface area contributed by atoms with Gasteiger partial charge in [0.2, 0.25) is 10.0 Å². The first-order valence-electron chi connectivity index (χ1n) is 8.38. The van der Waals surface area contributed by atoms with Crippen molar-refractivity contribution in [3.8, 4) is 0 Å². The van der Waals surface area contributed by atoms with Crippen molar-refractivity contribution < 1.29 is 21.8 Å². The van der Waals surface area contributed by atoms with Crippen LogP contribution in [-0.4, -0.2) is 28.3 Å². The van der Waals surface area contributed by atoms with Crippen LogP contribution in [0.15, 0.2) is 75.8 Å². The molecule has 30 heavy (non-hydrogen) atoms. The molecule has 1 atom stereocenters. The highest BCUT2D eigenvalue weighted by atomic mass is 35.5. The molecule has 0 unspecified atom stereocenters. The van der Waals surface area contributed by atoms with E-state index in [4.69, 9.17) is 11.6 Å². The van der Waals surface area contributed by atoms with E-state index in [-0.39, 0.29) is 15.5 Å². The first-order valence-corrected chi connectivity index (χ1v) is 12.7. The lowest BCUT2D eigenvalue weighted by atomic mass is 10.3. The highest BCUT2D eigenvalue weighted by Crippen LogP contribution is 2.32. The molecule has 0 aliphatic rings. The van der Waals surface area contributed by atoms with Gasteiger partial charge in [-0.05, 0) is 47.8 Å². The third-order valence-electron chi connectivity index (χ3n) is 4.19. The quantitative estimate of drug-likeness (QED) is 0.381. The number of nitro groups is 1. The van der Waals surface area contributed by atoms with Crippen molar-refractivity contribution >= 4 is 48.5 Å². The molecule has 0 aliphatic heterocycles. The Bertz CT molecular complexity index is 1240. The second-order valence-electron chi connectivity index (χ2n) is 6.11. The topological polar surface area (TPSA) is 123 Å². The third-order valence-corrected chi connectivity index (χ3v) is 9.12. The molecule has 3 rings (SSSR count). The summed E-state index contributed by atoms with van der Waals surface area (Å²) < 4.78 is 53.9. The van der Waals surface area contributed by atoms with Gasteiger partial charge in [-0.3, -0.25) is 10.1 Å². The zero-order valence-electron chi connectivity index (χ0n) is 15.1. The minimum Gasteiger partial charge on any atom is -0.258 e. The molecule has 3 aromatic rings. The summed E-state index contributed by atoms with van der Waals surface area (Å²) >= 11 is 7.03. The Hall–Kier alpha value is -2.31. The number of benzene rings is 2. The molecule has 2 aromatic carbocycles. The predicted octanol–water partition coefficient (Wildman–Crippen LogP) is 3.80. The molecule has 0 amide bonds. The van der Waals surface area contributed by atoms with E-state index in [2.05, 4.69) is 4.72 Å². The molecule has 0 fully saturated rings. The second kappa shape index (κ2) is 8.82. The Morgan fingerprint density at radius 1 is 0.967 bits per heavy atom. The summed E-state index contributed by atoms with van der Waals surface area (Å²) in [4.78, 5) is 10.4. The number of thiophene rings is 1. The zero-order chi connectivity index (χ0) is 21.9. The van der Waals surface area contributed by atoms with Crippen LogP contribution in [0.25, 0.3) is 0 Å². The number of nitrogens with zero attached hydrogens (tertiary/aromatic N) is 1. The van der Waals surface area contributed by atoms with Crippen LogP contribution in [0.5, 0.6) is 0 Å². The smallest absolute Gasteiger partial charge is 0.258 e. The SMILES string of the molecule is O=[N+]([O-])c1ccc(S(=O)(=O)NC[C@H](c2cccs2)S(=O)(=O)c2ccc(Cl)cc2)cc1. The van der Waals surface area contributed by atoms with Gasteiger partial charge >= 0.3 is 0 Å². The standard InChI is InChI=1S/C18H15ClN2O6S3/c19-13-3-7-15(8-4-13)29(24,25)18(17-2-1-11-28-17)12-20-30(26,27)16-9-5-14(6-10-16)21(22)23/h1-11,18,20H,12H2/t18-/m1/s1. The van der Waals surface area contributed by atoms with E-state index in [0.29, 0.717) is 9.90 Å². The highest BCUT2D eigenvalue weighted by molar-refractivity contribution is 7.92. The number of hydrogen-bond acceptors (Lipinski definition) is 7. The Balaban J connectivity index is 1.89. The number of nitro benzene ring substituents is 1. The van der Waals surface area contributed by atoms with Crippen molar-refractivity contribution in [2.45, 2.75) is 15.0 Å².